The van der Waals surface area contributed by atoms with Crippen LogP contribution >= 0.6 is 12.4 Å². The van der Waals surface area contributed by atoms with Crippen LogP contribution in [0.2, 0.25) is 0 Å². The summed E-state index contributed by atoms with van der Waals surface area (Å²) in [7, 11) is 0. The fraction of sp³-hybridized carbons (Fsp3) is 0.571. The van der Waals surface area contributed by atoms with Gasteiger partial charge in [0.1, 0.15) is 5.75 Å². The van der Waals surface area contributed by atoms with E-state index in [1.165, 1.54) is 12.0 Å². The summed E-state index contributed by atoms with van der Waals surface area (Å²) in [4.78, 5) is 2.47. The van der Waals surface area contributed by atoms with Gasteiger partial charge in [0.05, 0.1) is 6.61 Å². The number of ether oxygens (including phenoxy) is 1. The van der Waals surface area contributed by atoms with Crippen LogP contribution in [0.3, 0.4) is 0 Å². The van der Waals surface area contributed by atoms with Gasteiger partial charge >= 0.3 is 0 Å². The lowest BCUT2D eigenvalue weighted by Crippen LogP contribution is -2.23. The van der Waals surface area contributed by atoms with E-state index in [9.17, 15) is 0 Å². The minimum atomic E-state index is 0. The molecule has 1 unspecified atom stereocenters. The maximum Gasteiger partial charge on any atom is 0.123 e. The van der Waals surface area contributed by atoms with Gasteiger partial charge in [-0.05, 0) is 38.4 Å². The first kappa shape index (κ1) is 15.3. The Balaban J connectivity index is 0.00000162. The van der Waals surface area contributed by atoms with Crippen LogP contribution in [0.5, 0.6) is 5.75 Å². The molecule has 18 heavy (non-hydrogen) atoms. The second-order valence-corrected chi connectivity index (χ2v) is 4.67. The van der Waals surface area contributed by atoms with Crippen LogP contribution in [0.1, 0.15) is 18.9 Å². The average molecular weight is 271 g/mol. The minimum Gasteiger partial charge on any atom is -0.494 e. The van der Waals surface area contributed by atoms with Gasteiger partial charge in [-0.3, -0.25) is 4.90 Å². The molecule has 1 aromatic rings. The maximum atomic E-state index is 5.72. The minimum absolute atomic E-state index is 0. The normalized spacial score (nSPS) is 19.6. The molecule has 1 fully saturated rings. The molecule has 2 N–H and O–H groups in total. The molecule has 0 aromatic heterocycles. The van der Waals surface area contributed by atoms with Crippen molar-refractivity contribution < 1.29 is 4.74 Å². The smallest absolute Gasteiger partial charge is 0.123 e. The molecule has 1 aliphatic rings. The highest BCUT2D eigenvalue weighted by atomic mass is 35.5. The zero-order valence-corrected chi connectivity index (χ0v) is 11.8. The lowest BCUT2D eigenvalue weighted by molar-refractivity contribution is 0.297. The van der Waals surface area contributed by atoms with Gasteiger partial charge in [-0.2, -0.15) is 0 Å². The molecule has 0 aliphatic carbocycles. The van der Waals surface area contributed by atoms with E-state index in [1.807, 2.05) is 13.0 Å². The fourth-order valence-electron chi connectivity index (χ4n) is 2.42. The average Bonchev–Trinajstić information content (AvgIpc) is 2.80. The first-order valence-electron chi connectivity index (χ1n) is 6.46. The summed E-state index contributed by atoms with van der Waals surface area (Å²) in [6.07, 6.45) is 1.23. The molecule has 0 bridgehead atoms. The molecule has 1 saturated heterocycles. The van der Waals surface area contributed by atoms with Crippen molar-refractivity contribution in [2.75, 3.05) is 26.2 Å². The summed E-state index contributed by atoms with van der Waals surface area (Å²) < 4.78 is 5.65. The number of likely N-dealkylation sites (tertiary alicyclic amines) is 1. The van der Waals surface area contributed by atoms with Crippen LogP contribution in [0.25, 0.3) is 0 Å². The third-order valence-electron chi connectivity index (χ3n) is 3.37. The van der Waals surface area contributed by atoms with Gasteiger partial charge in [-0.1, -0.05) is 18.2 Å². The zero-order chi connectivity index (χ0) is 12.1. The number of halogens is 1. The van der Waals surface area contributed by atoms with Crippen LogP contribution in [-0.2, 0) is 6.54 Å². The molecule has 2 rings (SSSR count). The Labute approximate surface area is 116 Å². The topological polar surface area (TPSA) is 38.5 Å². The summed E-state index contributed by atoms with van der Waals surface area (Å²) in [6.45, 7) is 6.81. The van der Waals surface area contributed by atoms with Crippen molar-refractivity contribution >= 4 is 12.4 Å². The Morgan fingerprint density at radius 3 is 2.83 bits per heavy atom. The molecule has 1 aromatic carbocycles. The largest absolute Gasteiger partial charge is 0.494 e. The predicted octanol–water partition coefficient (Wildman–Crippen LogP) is 2.29. The van der Waals surface area contributed by atoms with E-state index in [1.54, 1.807) is 0 Å². The number of hydrogen-bond acceptors (Lipinski definition) is 3. The van der Waals surface area contributed by atoms with E-state index in [0.717, 1.165) is 38.5 Å². The Kier molecular flexibility index (Phi) is 6.47. The monoisotopic (exact) mass is 270 g/mol. The number of nitrogens with zero attached hydrogens (tertiary/aromatic N) is 1. The van der Waals surface area contributed by atoms with Crippen LogP contribution < -0.4 is 10.5 Å². The lowest BCUT2D eigenvalue weighted by Gasteiger charge is -2.18. The highest BCUT2D eigenvalue weighted by Crippen LogP contribution is 2.23. The van der Waals surface area contributed by atoms with Crippen LogP contribution in [0.4, 0.5) is 0 Å². The van der Waals surface area contributed by atoms with E-state index in [0.29, 0.717) is 5.92 Å². The summed E-state index contributed by atoms with van der Waals surface area (Å²) in [6, 6.07) is 8.31. The van der Waals surface area contributed by atoms with Crippen molar-refractivity contribution in [1.29, 1.82) is 0 Å². The number of hydrogen-bond donors (Lipinski definition) is 1. The number of rotatable bonds is 5. The molecule has 0 saturated carbocycles. The SMILES string of the molecule is CCOc1ccccc1CN1CCC(CN)C1.Cl. The molecule has 1 aliphatic heterocycles. The van der Waals surface area contributed by atoms with Crippen molar-refractivity contribution in [2.24, 2.45) is 11.7 Å². The van der Waals surface area contributed by atoms with Crippen molar-refractivity contribution in [1.82, 2.24) is 4.90 Å². The molecule has 1 heterocycles. The van der Waals surface area contributed by atoms with E-state index >= 15 is 0 Å². The summed E-state index contributed by atoms with van der Waals surface area (Å²) in [5, 5.41) is 0. The Bertz CT molecular complexity index is 359. The first-order valence-corrected chi connectivity index (χ1v) is 6.46. The van der Waals surface area contributed by atoms with Crippen LogP contribution in [-0.4, -0.2) is 31.1 Å². The second-order valence-electron chi connectivity index (χ2n) is 4.67. The highest BCUT2D eigenvalue weighted by Gasteiger charge is 2.21. The summed E-state index contributed by atoms with van der Waals surface area (Å²) in [5.74, 6) is 1.69. The van der Waals surface area contributed by atoms with Crippen LogP contribution in [0, 0.1) is 5.92 Å². The molecule has 102 valence electrons. The van der Waals surface area contributed by atoms with E-state index in [-0.39, 0.29) is 12.4 Å². The van der Waals surface area contributed by atoms with Crippen molar-refractivity contribution in [3.8, 4) is 5.75 Å². The third-order valence-corrected chi connectivity index (χ3v) is 3.37. The van der Waals surface area contributed by atoms with Gasteiger partial charge in [-0.15, -0.1) is 12.4 Å². The molecule has 0 amide bonds. The number of benzene rings is 1. The van der Waals surface area contributed by atoms with Crippen molar-refractivity contribution in [3.05, 3.63) is 29.8 Å². The quantitative estimate of drug-likeness (QED) is 0.892. The Morgan fingerprint density at radius 1 is 1.39 bits per heavy atom. The number of para-hydroxylation sites is 1. The first-order chi connectivity index (χ1) is 8.33. The van der Waals surface area contributed by atoms with Gasteiger partial charge in [0.2, 0.25) is 0 Å². The molecule has 3 nitrogen and oxygen atoms in total. The molecular formula is C14H23ClN2O. The maximum absolute atomic E-state index is 5.72. The van der Waals surface area contributed by atoms with E-state index < -0.39 is 0 Å². The molecule has 0 radical (unpaired) electrons. The standard InChI is InChI=1S/C14H22N2O.ClH/c1-2-17-14-6-4-3-5-13(14)11-16-8-7-12(9-15)10-16;/h3-6,12H,2,7-11,15H2,1H3;1H. The van der Waals surface area contributed by atoms with E-state index in [4.69, 9.17) is 10.5 Å². The van der Waals surface area contributed by atoms with Gasteiger partial charge in [0.15, 0.2) is 0 Å². The summed E-state index contributed by atoms with van der Waals surface area (Å²) in [5.41, 5.74) is 7.00. The Hall–Kier alpha value is -0.770. The van der Waals surface area contributed by atoms with Crippen LogP contribution in [0.15, 0.2) is 24.3 Å². The highest BCUT2D eigenvalue weighted by molar-refractivity contribution is 5.85. The number of nitrogens with two attached hydrogens (primary N) is 1. The van der Waals surface area contributed by atoms with Gasteiger partial charge < -0.3 is 10.5 Å². The molecule has 0 spiro atoms. The third kappa shape index (κ3) is 3.87. The molecule has 1 atom stereocenters. The van der Waals surface area contributed by atoms with Crippen molar-refractivity contribution in [2.45, 2.75) is 19.9 Å². The second kappa shape index (κ2) is 7.62. The lowest BCUT2D eigenvalue weighted by atomic mass is 10.1. The Morgan fingerprint density at radius 2 is 2.17 bits per heavy atom. The van der Waals surface area contributed by atoms with Crippen molar-refractivity contribution in [3.63, 3.8) is 0 Å². The van der Waals surface area contributed by atoms with Gasteiger partial charge in [-0.25, -0.2) is 0 Å². The molecule has 4 heteroatoms. The fourth-order valence-corrected chi connectivity index (χ4v) is 2.42. The van der Waals surface area contributed by atoms with Gasteiger partial charge in [0, 0.05) is 18.7 Å². The zero-order valence-electron chi connectivity index (χ0n) is 11.0. The van der Waals surface area contributed by atoms with Gasteiger partial charge in [0.25, 0.3) is 0 Å². The predicted molar refractivity (Wildman–Crippen MR) is 77.3 cm³/mol. The molecular weight excluding hydrogens is 248 g/mol. The van der Waals surface area contributed by atoms with E-state index in [2.05, 4.69) is 23.1 Å². The summed E-state index contributed by atoms with van der Waals surface area (Å²) >= 11 is 0.